The van der Waals surface area contributed by atoms with Gasteiger partial charge in [-0.1, -0.05) is 51.5 Å². The van der Waals surface area contributed by atoms with E-state index in [1.54, 1.807) is 0 Å². The van der Waals surface area contributed by atoms with E-state index in [9.17, 15) is 0 Å². The maximum Gasteiger partial charge on any atom is -0.0194 e. The highest BCUT2D eigenvalue weighted by atomic mass is 14.1. The van der Waals surface area contributed by atoms with E-state index in [1.165, 1.54) is 18.4 Å². The summed E-state index contributed by atoms with van der Waals surface area (Å²) >= 11 is 0. The molecular formula is C12H22. The molecule has 12 heavy (non-hydrogen) atoms. The molecule has 1 atom stereocenters. The minimum absolute atomic E-state index is 0.676. The zero-order valence-electron chi connectivity index (χ0n) is 8.93. The molecule has 0 rings (SSSR count). The Hall–Kier alpha value is -0.520. The highest BCUT2D eigenvalue weighted by Gasteiger charge is 2.05. The summed E-state index contributed by atoms with van der Waals surface area (Å²) in [6.45, 7) is 12.7. The molecule has 0 heteroatoms. The van der Waals surface area contributed by atoms with Gasteiger partial charge in [-0.2, -0.15) is 0 Å². The van der Waals surface area contributed by atoms with Crippen LogP contribution in [0.15, 0.2) is 24.3 Å². The fraction of sp³-hybridized carbons (Fsp3) is 0.667. The van der Waals surface area contributed by atoms with Crippen LogP contribution in [0.3, 0.4) is 0 Å². The van der Waals surface area contributed by atoms with Crippen molar-refractivity contribution in [2.24, 2.45) is 11.8 Å². The molecule has 0 aromatic rings. The number of allylic oxidation sites excluding steroid dienone is 3. The van der Waals surface area contributed by atoms with Crippen LogP contribution >= 0.6 is 0 Å². The molecule has 0 aliphatic heterocycles. The first-order chi connectivity index (χ1) is 5.61. The van der Waals surface area contributed by atoms with E-state index < -0.39 is 0 Å². The van der Waals surface area contributed by atoms with Crippen molar-refractivity contribution in [3.63, 3.8) is 0 Å². The summed E-state index contributed by atoms with van der Waals surface area (Å²) in [5, 5.41) is 0. The molecule has 0 nitrogen and oxygen atoms in total. The maximum absolute atomic E-state index is 3.81. The normalized spacial score (nSPS) is 14.9. The molecule has 0 amide bonds. The van der Waals surface area contributed by atoms with Crippen LogP contribution in [-0.4, -0.2) is 0 Å². The summed E-state index contributed by atoms with van der Waals surface area (Å²) in [4.78, 5) is 0. The van der Waals surface area contributed by atoms with Crippen LogP contribution in [0.1, 0.15) is 40.5 Å². The zero-order valence-corrected chi connectivity index (χ0v) is 8.93. The van der Waals surface area contributed by atoms with Crippen molar-refractivity contribution in [2.45, 2.75) is 40.5 Å². The lowest BCUT2D eigenvalue weighted by Crippen LogP contribution is -1.99. The highest BCUT2D eigenvalue weighted by Crippen LogP contribution is 2.19. The standard InChI is InChI=1S/C12H22/c1-6-12(7-2)11(5)9-8-10(3)4/h6-7,10-11H,1,8-9H2,2-5H3/b12-7+. The van der Waals surface area contributed by atoms with Gasteiger partial charge < -0.3 is 0 Å². The second-order valence-corrected chi connectivity index (χ2v) is 3.87. The van der Waals surface area contributed by atoms with Gasteiger partial charge in [0.25, 0.3) is 0 Å². The summed E-state index contributed by atoms with van der Waals surface area (Å²) in [5.74, 6) is 1.49. The highest BCUT2D eigenvalue weighted by molar-refractivity contribution is 5.17. The van der Waals surface area contributed by atoms with Gasteiger partial charge in [-0.25, -0.2) is 0 Å². The van der Waals surface area contributed by atoms with Crippen molar-refractivity contribution in [3.05, 3.63) is 24.3 Å². The quantitative estimate of drug-likeness (QED) is 0.537. The van der Waals surface area contributed by atoms with Gasteiger partial charge in [-0.05, 0) is 25.2 Å². The summed E-state index contributed by atoms with van der Waals surface area (Å²) in [6, 6.07) is 0. The van der Waals surface area contributed by atoms with Gasteiger partial charge in [0.1, 0.15) is 0 Å². The molecule has 0 aliphatic rings. The van der Waals surface area contributed by atoms with Crippen molar-refractivity contribution in [2.75, 3.05) is 0 Å². The van der Waals surface area contributed by atoms with Crippen LogP contribution in [0.25, 0.3) is 0 Å². The van der Waals surface area contributed by atoms with Crippen LogP contribution < -0.4 is 0 Å². The van der Waals surface area contributed by atoms with Gasteiger partial charge >= 0.3 is 0 Å². The summed E-state index contributed by atoms with van der Waals surface area (Å²) < 4.78 is 0. The molecule has 0 aromatic carbocycles. The number of hydrogen-bond donors (Lipinski definition) is 0. The fourth-order valence-electron chi connectivity index (χ4n) is 1.35. The molecule has 0 spiro atoms. The second kappa shape index (κ2) is 6.05. The van der Waals surface area contributed by atoms with E-state index >= 15 is 0 Å². The molecule has 0 bridgehead atoms. The SMILES string of the molecule is C=C/C(=C\C)C(C)CCC(C)C. The third-order valence-electron chi connectivity index (χ3n) is 2.32. The minimum atomic E-state index is 0.676. The van der Waals surface area contributed by atoms with Gasteiger partial charge in [0.15, 0.2) is 0 Å². The van der Waals surface area contributed by atoms with Gasteiger partial charge in [-0.15, -0.1) is 0 Å². The summed E-state index contributed by atoms with van der Waals surface area (Å²) in [7, 11) is 0. The van der Waals surface area contributed by atoms with E-state index in [-0.39, 0.29) is 0 Å². The Bertz CT molecular complexity index is 151. The molecular weight excluding hydrogens is 144 g/mol. The van der Waals surface area contributed by atoms with E-state index in [2.05, 4.69) is 40.3 Å². The molecule has 1 unspecified atom stereocenters. The average molecular weight is 166 g/mol. The molecule has 0 aromatic heterocycles. The van der Waals surface area contributed by atoms with Crippen molar-refractivity contribution in [1.82, 2.24) is 0 Å². The minimum Gasteiger partial charge on any atom is -0.0988 e. The largest absolute Gasteiger partial charge is 0.0988 e. The third kappa shape index (κ3) is 4.38. The fourth-order valence-corrected chi connectivity index (χ4v) is 1.35. The van der Waals surface area contributed by atoms with Crippen LogP contribution in [0.5, 0.6) is 0 Å². The smallest absolute Gasteiger partial charge is 0.0194 e. The van der Waals surface area contributed by atoms with Crippen LogP contribution in [0.2, 0.25) is 0 Å². The predicted molar refractivity (Wildman–Crippen MR) is 57.2 cm³/mol. The Balaban J connectivity index is 3.85. The Morgan fingerprint density at radius 1 is 1.25 bits per heavy atom. The van der Waals surface area contributed by atoms with Gasteiger partial charge in [-0.3, -0.25) is 0 Å². The molecule has 0 saturated carbocycles. The first-order valence-corrected chi connectivity index (χ1v) is 4.90. The van der Waals surface area contributed by atoms with Crippen LogP contribution in [0, 0.1) is 11.8 Å². The Morgan fingerprint density at radius 3 is 2.17 bits per heavy atom. The summed E-state index contributed by atoms with van der Waals surface area (Å²) in [5.41, 5.74) is 1.38. The van der Waals surface area contributed by atoms with Crippen molar-refractivity contribution in [1.29, 1.82) is 0 Å². The maximum atomic E-state index is 3.81. The lowest BCUT2D eigenvalue weighted by Gasteiger charge is -2.13. The molecule has 70 valence electrons. The first kappa shape index (κ1) is 11.5. The zero-order chi connectivity index (χ0) is 9.56. The van der Waals surface area contributed by atoms with Crippen molar-refractivity contribution < 1.29 is 0 Å². The molecule has 0 aliphatic carbocycles. The van der Waals surface area contributed by atoms with E-state index in [1.807, 2.05) is 6.08 Å². The predicted octanol–water partition coefficient (Wildman–Crippen LogP) is 4.19. The molecule has 0 fully saturated rings. The van der Waals surface area contributed by atoms with Gasteiger partial charge in [0, 0.05) is 0 Å². The second-order valence-electron chi connectivity index (χ2n) is 3.87. The van der Waals surface area contributed by atoms with Crippen LogP contribution in [0.4, 0.5) is 0 Å². The lowest BCUT2D eigenvalue weighted by atomic mass is 9.93. The molecule has 0 N–H and O–H groups in total. The molecule has 0 heterocycles. The monoisotopic (exact) mass is 166 g/mol. The Labute approximate surface area is 77.4 Å². The average Bonchev–Trinajstić information content (AvgIpc) is 2.03. The summed E-state index contributed by atoms with van der Waals surface area (Å²) in [6.07, 6.45) is 6.73. The topological polar surface area (TPSA) is 0 Å². The van der Waals surface area contributed by atoms with E-state index in [4.69, 9.17) is 0 Å². The van der Waals surface area contributed by atoms with Crippen LogP contribution in [-0.2, 0) is 0 Å². The lowest BCUT2D eigenvalue weighted by molar-refractivity contribution is 0.493. The molecule has 0 saturated heterocycles. The number of rotatable bonds is 5. The van der Waals surface area contributed by atoms with Gasteiger partial charge in [0.2, 0.25) is 0 Å². The van der Waals surface area contributed by atoms with Crippen molar-refractivity contribution in [3.8, 4) is 0 Å². The third-order valence-corrected chi connectivity index (χ3v) is 2.32. The Morgan fingerprint density at radius 2 is 1.83 bits per heavy atom. The Kier molecular flexibility index (Phi) is 5.79. The van der Waals surface area contributed by atoms with E-state index in [0.29, 0.717) is 5.92 Å². The number of hydrogen-bond acceptors (Lipinski definition) is 0. The van der Waals surface area contributed by atoms with E-state index in [0.717, 1.165) is 5.92 Å². The molecule has 0 radical (unpaired) electrons. The van der Waals surface area contributed by atoms with Gasteiger partial charge in [0.05, 0.1) is 0 Å². The van der Waals surface area contributed by atoms with Crippen molar-refractivity contribution >= 4 is 0 Å². The first-order valence-electron chi connectivity index (χ1n) is 4.90.